The summed E-state index contributed by atoms with van der Waals surface area (Å²) in [6, 6.07) is 9.20. The first kappa shape index (κ1) is 25.7. The monoisotopic (exact) mass is 524 g/mol. The van der Waals surface area contributed by atoms with Crippen molar-refractivity contribution in [3.63, 3.8) is 0 Å². The maximum Gasteiger partial charge on any atom is 0.251 e. The molecule has 1 aliphatic rings. The molecule has 0 atom stereocenters. The second kappa shape index (κ2) is 12.1. The van der Waals surface area contributed by atoms with Crippen molar-refractivity contribution in [2.45, 2.75) is 50.7 Å². The third-order valence-electron chi connectivity index (χ3n) is 5.96. The van der Waals surface area contributed by atoms with Crippen LogP contribution in [0.5, 0.6) is 5.75 Å². The lowest BCUT2D eigenvalue weighted by Gasteiger charge is -2.09. The Hall–Kier alpha value is -3.36. The van der Waals surface area contributed by atoms with Crippen molar-refractivity contribution in [1.29, 1.82) is 5.26 Å². The largest absolute Gasteiger partial charge is 0.497 e. The first-order valence-corrected chi connectivity index (χ1v) is 13.7. The van der Waals surface area contributed by atoms with Crippen LogP contribution in [-0.2, 0) is 30.6 Å². The Morgan fingerprint density at radius 1 is 1.22 bits per heavy atom. The fourth-order valence-corrected chi connectivity index (χ4v) is 6.20. The van der Waals surface area contributed by atoms with Gasteiger partial charge in [0.2, 0.25) is 5.91 Å². The molecule has 1 aromatic carbocycles. The predicted molar refractivity (Wildman–Crippen MR) is 140 cm³/mol. The third kappa shape index (κ3) is 5.88. The molecule has 0 spiro atoms. The van der Waals surface area contributed by atoms with Gasteiger partial charge >= 0.3 is 0 Å². The summed E-state index contributed by atoms with van der Waals surface area (Å²) in [4.78, 5) is 26.2. The van der Waals surface area contributed by atoms with E-state index in [4.69, 9.17) is 4.74 Å². The SMILES string of the molecule is CCn1c(CCNC(=O)c2ccc(OC)cc2)nnc1SCC(=O)Nc1sc2c(c1C#N)CCCC2. The quantitative estimate of drug-likeness (QED) is 0.387. The molecule has 1 aliphatic carbocycles. The molecule has 0 saturated carbocycles. The maximum absolute atomic E-state index is 12.6. The number of nitrogens with zero attached hydrogens (tertiary/aromatic N) is 4. The summed E-state index contributed by atoms with van der Waals surface area (Å²) in [6.07, 6.45) is 4.61. The lowest BCUT2D eigenvalue weighted by Crippen LogP contribution is -2.26. The summed E-state index contributed by atoms with van der Waals surface area (Å²) in [5.41, 5.74) is 2.27. The summed E-state index contributed by atoms with van der Waals surface area (Å²) >= 11 is 2.83. The number of anilines is 1. The molecule has 2 aromatic heterocycles. The topological polar surface area (TPSA) is 122 Å². The molecule has 4 rings (SSSR count). The second-order valence-corrected chi connectivity index (χ2v) is 10.3. The molecule has 2 amide bonds. The van der Waals surface area contributed by atoms with Gasteiger partial charge in [-0.15, -0.1) is 21.5 Å². The maximum atomic E-state index is 12.6. The lowest BCUT2D eigenvalue weighted by molar-refractivity contribution is -0.113. The Morgan fingerprint density at radius 3 is 2.72 bits per heavy atom. The zero-order chi connectivity index (χ0) is 25.5. The fourth-order valence-electron chi connectivity index (χ4n) is 4.13. The van der Waals surface area contributed by atoms with E-state index in [9.17, 15) is 14.9 Å². The van der Waals surface area contributed by atoms with Crippen molar-refractivity contribution in [3.05, 3.63) is 51.7 Å². The van der Waals surface area contributed by atoms with Crippen LogP contribution < -0.4 is 15.4 Å². The van der Waals surface area contributed by atoms with Gasteiger partial charge in [0.1, 0.15) is 22.6 Å². The minimum Gasteiger partial charge on any atom is -0.497 e. The zero-order valence-corrected chi connectivity index (χ0v) is 21.9. The van der Waals surface area contributed by atoms with E-state index in [1.807, 2.05) is 11.5 Å². The number of hydrogen-bond donors (Lipinski definition) is 2. The number of thiophene rings is 1. The van der Waals surface area contributed by atoms with Crippen LogP contribution >= 0.6 is 23.1 Å². The summed E-state index contributed by atoms with van der Waals surface area (Å²) in [5, 5.41) is 25.2. The lowest BCUT2D eigenvalue weighted by atomic mass is 9.96. The number of thioether (sulfide) groups is 1. The van der Waals surface area contributed by atoms with E-state index in [-0.39, 0.29) is 17.6 Å². The van der Waals surface area contributed by atoms with Crippen LogP contribution in [-0.4, -0.2) is 46.0 Å². The number of benzene rings is 1. The van der Waals surface area contributed by atoms with Crippen molar-refractivity contribution in [2.24, 2.45) is 0 Å². The molecule has 2 N–H and O–H groups in total. The number of hydrogen-bond acceptors (Lipinski definition) is 8. The van der Waals surface area contributed by atoms with Crippen LogP contribution in [0.1, 0.15) is 52.0 Å². The standard InChI is InChI=1S/C25H28N6O3S2/c1-3-31-21(12-13-27-23(33)16-8-10-17(34-2)11-9-16)29-30-25(31)35-15-22(32)28-24-19(14-26)18-6-4-5-7-20(18)36-24/h8-11H,3-7,12-13,15H2,1-2H3,(H,27,33)(H,28,32). The molecule has 0 bridgehead atoms. The van der Waals surface area contributed by atoms with E-state index >= 15 is 0 Å². The first-order valence-electron chi connectivity index (χ1n) is 11.9. The van der Waals surface area contributed by atoms with Gasteiger partial charge in [-0.2, -0.15) is 5.26 Å². The second-order valence-electron chi connectivity index (χ2n) is 8.24. The molecule has 3 aromatic rings. The molecule has 0 saturated heterocycles. The number of nitriles is 1. The van der Waals surface area contributed by atoms with E-state index in [0.29, 0.717) is 46.5 Å². The molecule has 11 heteroatoms. The normalized spacial score (nSPS) is 12.5. The Kier molecular flexibility index (Phi) is 8.61. The number of aromatic nitrogens is 3. The minimum absolute atomic E-state index is 0.166. The fraction of sp³-hybridized carbons (Fsp3) is 0.400. The number of methoxy groups -OCH3 is 1. The molecule has 0 fully saturated rings. The number of nitrogens with one attached hydrogen (secondary N) is 2. The van der Waals surface area contributed by atoms with Gasteiger partial charge in [-0.3, -0.25) is 9.59 Å². The molecule has 36 heavy (non-hydrogen) atoms. The van der Waals surface area contributed by atoms with Crippen molar-refractivity contribution >= 4 is 39.9 Å². The average Bonchev–Trinajstić information content (AvgIpc) is 3.47. The van der Waals surface area contributed by atoms with Gasteiger partial charge in [0.15, 0.2) is 5.16 Å². The third-order valence-corrected chi connectivity index (χ3v) is 8.14. The number of amides is 2. The van der Waals surface area contributed by atoms with Crippen LogP contribution in [0.15, 0.2) is 29.4 Å². The number of rotatable bonds is 10. The average molecular weight is 525 g/mol. The molecular formula is C25H28N6O3S2. The van der Waals surface area contributed by atoms with Gasteiger partial charge in [-0.1, -0.05) is 11.8 Å². The highest BCUT2D eigenvalue weighted by atomic mass is 32.2. The van der Waals surface area contributed by atoms with E-state index in [1.54, 1.807) is 31.4 Å². The van der Waals surface area contributed by atoms with Gasteiger partial charge in [-0.25, -0.2) is 0 Å². The van der Waals surface area contributed by atoms with Crippen molar-refractivity contribution in [3.8, 4) is 11.8 Å². The number of ether oxygens (including phenoxy) is 1. The van der Waals surface area contributed by atoms with Gasteiger partial charge in [-0.05, 0) is 62.4 Å². The minimum atomic E-state index is -0.172. The highest BCUT2D eigenvalue weighted by molar-refractivity contribution is 7.99. The highest BCUT2D eigenvalue weighted by Gasteiger charge is 2.22. The summed E-state index contributed by atoms with van der Waals surface area (Å²) in [7, 11) is 1.58. The van der Waals surface area contributed by atoms with Gasteiger partial charge in [0.25, 0.3) is 5.91 Å². The van der Waals surface area contributed by atoms with E-state index in [2.05, 4.69) is 26.9 Å². The molecule has 2 heterocycles. The zero-order valence-electron chi connectivity index (χ0n) is 20.3. The van der Waals surface area contributed by atoms with Gasteiger partial charge in [0.05, 0.1) is 18.4 Å². The summed E-state index contributed by atoms with van der Waals surface area (Å²) in [5.74, 6) is 1.27. The predicted octanol–water partition coefficient (Wildman–Crippen LogP) is 3.82. The van der Waals surface area contributed by atoms with Crippen LogP contribution in [0.25, 0.3) is 0 Å². The smallest absolute Gasteiger partial charge is 0.251 e. The van der Waals surface area contributed by atoms with Crippen LogP contribution in [0.2, 0.25) is 0 Å². The molecule has 0 aliphatic heterocycles. The number of carbonyl (C=O) groups excluding carboxylic acids is 2. The molecular weight excluding hydrogens is 496 g/mol. The highest BCUT2D eigenvalue weighted by Crippen LogP contribution is 2.37. The van der Waals surface area contributed by atoms with E-state index in [1.165, 1.54) is 28.0 Å². The van der Waals surface area contributed by atoms with Gasteiger partial charge < -0.3 is 19.9 Å². The van der Waals surface area contributed by atoms with Crippen LogP contribution in [0, 0.1) is 11.3 Å². The van der Waals surface area contributed by atoms with Crippen molar-refractivity contribution in [2.75, 3.05) is 24.7 Å². The van der Waals surface area contributed by atoms with E-state index in [0.717, 1.165) is 37.1 Å². The number of carbonyl (C=O) groups is 2. The summed E-state index contributed by atoms with van der Waals surface area (Å²) < 4.78 is 7.06. The molecule has 0 radical (unpaired) electrons. The van der Waals surface area contributed by atoms with E-state index < -0.39 is 0 Å². The Bertz CT molecular complexity index is 1280. The van der Waals surface area contributed by atoms with Gasteiger partial charge in [0, 0.05) is 30.0 Å². The Balaban J connectivity index is 1.30. The van der Waals surface area contributed by atoms with Crippen LogP contribution in [0.3, 0.4) is 0 Å². The Morgan fingerprint density at radius 2 is 2.00 bits per heavy atom. The van der Waals surface area contributed by atoms with Crippen LogP contribution in [0.4, 0.5) is 5.00 Å². The van der Waals surface area contributed by atoms with Crippen molar-refractivity contribution < 1.29 is 14.3 Å². The first-order chi connectivity index (χ1) is 17.5. The molecule has 0 unspecified atom stereocenters. The Labute approximate surface area is 218 Å². The number of aryl methyl sites for hydroxylation is 1. The molecule has 188 valence electrons. The molecule has 9 nitrogen and oxygen atoms in total. The van der Waals surface area contributed by atoms with Crippen molar-refractivity contribution in [1.82, 2.24) is 20.1 Å². The number of fused-ring (bicyclic) bond motifs is 1. The summed E-state index contributed by atoms with van der Waals surface area (Å²) in [6.45, 7) is 3.05.